The molecule has 2 aromatic rings. The van der Waals surface area contributed by atoms with Gasteiger partial charge < -0.3 is 9.64 Å². The summed E-state index contributed by atoms with van der Waals surface area (Å²) in [5.41, 5.74) is 6.27. The van der Waals surface area contributed by atoms with Gasteiger partial charge in [0.15, 0.2) is 0 Å². The molecule has 4 atom stereocenters. The number of anilines is 1. The average molecular weight is 509 g/mol. The maximum Gasteiger partial charge on any atom is 0.410 e. The number of hydrogen-bond acceptors (Lipinski definition) is 6. The van der Waals surface area contributed by atoms with Crippen molar-refractivity contribution < 1.29 is 13.7 Å². The summed E-state index contributed by atoms with van der Waals surface area (Å²) in [5, 5.41) is 0.423. The lowest BCUT2D eigenvalue weighted by atomic mass is 9.69. The van der Waals surface area contributed by atoms with E-state index in [9.17, 15) is 9.00 Å². The molecule has 4 unspecified atom stereocenters. The highest BCUT2D eigenvalue weighted by Gasteiger charge is 2.50. The van der Waals surface area contributed by atoms with E-state index in [2.05, 4.69) is 30.0 Å². The predicted octanol–water partition coefficient (Wildman–Crippen LogP) is 4.09. The molecule has 3 aliphatic heterocycles. The number of carbonyl (C=O) groups excluding carboxylic acids is 1. The van der Waals surface area contributed by atoms with Crippen LogP contribution in [0.4, 0.5) is 10.6 Å². The molecule has 1 amide bonds. The predicted molar refractivity (Wildman–Crippen MR) is 140 cm³/mol. The minimum absolute atomic E-state index is 0.115. The molecular formula is C28H36N4O3S. The Morgan fingerprint density at radius 1 is 1.11 bits per heavy atom. The molecule has 2 bridgehead atoms. The van der Waals surface area contributed by atoms with E-state index >= 15 is 0 Å². The topological polar surface area (TPSA) is 75.6 Å². The van der Waals surface area contributed by atoms with Crippen molar-refractivity contribution in [2.45, 2.75) is 94.5 Å². The largest absolute Gasteiger partial charge is 0.444 e. The van der Waals surface area contributed by atoms with Crippen molar-refractivity contribution in [2.75, 3.05) is 24.2 Å². The fraction of sp³-hybridized carbons (Fsp3) is 0.607. The van der Waals surface area contributed by atoms with Crippen molar-refractivity contribution in [1.29, 1.82) is 0 Å². The van der Waals surface area contributed by atoms with Gasteiger partial charge in [0.2, 0.25) is 5.16 Å². The van der Waals surface area contributed by atoms with Crippen LogP contribution in [0.25, 0.3) is 0 Å². The minimum atomic E-state index is -1.26. The molecule has 5 aliphatic rings. The molecule has 0 radical (unpaired) electrons. The second-order valence-electron chi connectivity index (χ2n) is 12.1. The quantitative estimate of drug-likeness (QED) is 0.569. The second kappa shape index (κ2) is 8.27. The summed E-state index contributed by atoms with van der Waals surface area (Å²) < 4.78 is 18.2. The van der Waals surface area contributed by atoms with Gasteiger partial charge in [-0.2, -0.15) is 0 Å². The van der Waals surface area contributed by atoms with Gasteiger partial charge in [-0.05, 0) is 82.9 Å². The van der Waals surface area contributed by atoms with Crippen LogP contribution in [0.5, 0.6) is 0 Å². The first kappa shape index (κ1) is 23.9. The van der Waals surface area contributed by atoms with Crippen LogP contribution in [-0.4, -0.2) is 62.2 Å². The lowest BCUT2D eigenvalue weighted by molar-refractivity contribution is -0.0381. The monoisotopic (exact) mass is 508 g/mol. The molecule has 3 saturated heterocycles. The van der Waals surface area contributed by atoms with Gasteiger partial charge in [-0.3, -0.25) is 9.11 Å². The van der Waals surface area contributed by atoms with Crippen LogP contribution < -0.4 is 4.90 Å². The number of nitrogens with zero attached hydrogens (tertiary/aromatic N) is 4. The fourth-order valence-corrected chi connectivity index (χ4v) is 7.38. The minimum Gasteiger partial charge on any atom is -0.444 e. The van der Waals surface area contributed by atoms with E-state index in [0.717, 1.165) is 63.1 Å². The van der Waals surface area contributed by atoms with Crippen LogP contribution >= 0.6 is 0 Å². The van der Waals surface area contributed by atoms with E-state index in [0.29, 0.717) is 5.16 Å². The van der Waals surface area contributed by atoms with Gasteiger partial charge in [-0.25, -0.2) is 14.8 Å². The van der Waals surface area contributed by atoms with Crippen LogP contribution in [-0.2, 0) is 40.2 Å². The Labute approximate surface area is 216 Å². The average Bonchev–Trinajstić information content (AvgIpc) is 3.15. The standard InChI is InChI=1S/C28H36N4O3S/c1-17-7-6-8-22-20(17)9-11-28(22)12-10-21-23(14-28)29-25(36(5)34)30-24(21)31-15-18-13-19(16-31)32(18)26(33)35-27(2,3)4/h6-8,18-19H,9-16H2,1-5H3. The first-order valence-electron chi connectivity index (χ1n) is 13.1. The molecule has 192 valence electrons. The van der Waals surface area contributed by atoms with Crippen LogP contribution in [0.15, 0.2) is 23.4 Å². The maximum atomic E-state index is 12.8. The van der Waals surface area contributed by atoms with E-state index in [-0.39, 0.29) is 23.6 Å². The van der Waals surface area contributed by atoms with Crippen molar-refractivity contribution in [3.05, 3.63) is 46.1 Å². The Balaban J connectivity index is 1.30. The van der Waals surface area contributed by atoms with E-state index in [1.54, 1.807) is 6.26 Å². The number of aromatic nitrogens is 2. The Bertz CT molecular complexity index is 1260. The smallest absolute Gasteiger partial charge is 0.410 e. The van der Waals surface area contributed by atoms with Crippen LogP contribution in [0, 0.1) is 6.92 Å². The summed E-state index contributed by atoms with van der Waals surface area (Å²) in [4.78, 5) is 26.7. The fourth-order valence-electron chi connectivity index (χ4n) is 6.93. The molecule has 0 saturated carbocycles. The van der Waals surface area contributed by atoms with Gasteiger partial charge in [0.1, 0.15) is 11.4 Å². The number of aryl methyl sites for hydroxylation is 1. The van der Waals surface area contributed by atoms with Gasteiger partial charge in [0, 0.05) is 30.3 Å². The summed E-state index contributed by atoms with van der Waals surface area (Å²) in [6.45, 7) is 9.38. The zero-order chi connectivity index (χ0) is 25.4. The van der Waals surface area contributed by atoms with Crippen LogP contribution in [0.2, 0.25) is 0 Å². The molecule has 36 heavy (non-hydrogen) atoms. The molecular weight excluding hydrogens is 472 g/mol. The number of hydrogen-bond donors (Lipinski definition) is 0. The summed E-state index contributed by atoms with van der Waals surface area (Å²) in [7, 11) is -1.26. The van der Waals surface area contributed by atoms with Crippen LogP contribution in [0.3, 0.4) is 0 Å². The summed E-state index contributed by atoms with van der Waals surface area (Å²) in [6.07, 6.45) is 7.60. The molecule has 8 heteroatoms. The number of fused-ring (bicyclic) bond motifs is 5. The first-order valence-corrected chi connectivity index (χ1v) is 14.7. The SMILES string of the molecule is Cc1cccc2c1CCC21CCc2c(nc(S(C)=O)nc2N2CC3CC(C2)N3C(=O)OC(C)(C)C)C1. The van der Waals surface area contributed by atoms with Gasteiger partial charge in [0.25, 0.3) is 0 Å². The summed E-state index contributed by atoms with van der Waals surface area (Å²) in [5.74, 6) is 0.932. The third kappa shape index (κ3) is 3.83. The van der Waals surface area contributed by atoms with Gasteiger partial charge in [-0.1, -0.05) is 18.2 Å². The summed E-state index contributed by atoms with van der Waals surface area (Å²) >= 11 is 0. The number of piperazine rings is 1. The normalized spacial score (nSPS) is 27.4. The molecule has 1 aromatic carbocycles. The van der Waals surface area contributed by atoms with E-state index < -0.39 is 16.4 Å². The molecule has 4 heterocycles. The highest BCUT2D eigenvalue weighted by Crippen LogP contribution is 2.49. The Morgan fingerprint density at radius 2 is 1.81 bits per heavy atom. The maximum absolute atomic E-state index is 12.8. The van der Waals surface area contributed by atoms with E-state index in [1.165, 1.54) is 22.3 Å². The second-order valence-corrected chi connectivity index (χ2v) is 13.4. The third-order valence-corrected chi connectivity index (χ3v) is 9.30. The Hall–Kier alpha value is -2.48. The van der Waals surface area contributed by atoms with Crippen molar-refractivity contribution >= 4 is 22.7 Å². The number of rotatable bonds is 2. The van der Waals surface area contributed by atoms with E-state index in [4.69, 9.17) is 14.7 Å². The number of piperidine rings is 1. The molecule has 3 fully saturated rings. The van der Waals surface area contributed by atoms with Gasteiger partial charge in [0.05, 0.1) is 28.6 Å². The van der Waals surface area contributed by atoms with Crippen LogP contribution in [0.1, 0.15) is 68.0 Å². The molecule has 1 spiro atoms. The van der Waals surface area contributed by atoms with Gasteiger partial charge >= 0.3 is 6.09 Å². The summed E-state index contributed by atoms with van der Waals surface area (Å²) in [6, 6.07) is 6.96. The van der Waals surface area contributed by atoms with Gasteiger partial charge in [-0.15, -0.1) is 0 Å². The highest BCUT2D eigenvalue weighted by atomic mass is 32.2. The number of carbonyl (C=O) groups is 1. The Morgan fingerprint density at radius 3 is 2.47 bits per heavy atom. The zero-order valence-corrected chi connectivity index (χ0v) is 22.8. The Kier molecular flexibility index (Phi) is 5.49. The van der Waals surface area contributed by atoms with Crippen molar-refractivity contribution in [1.82, 2.24) is 14.9 Å². The van der Waals surface area contributed by atoms with E-state index in [1.807, 2.05) is 25.7 Å². The van der Waals surface area contributed by atoms with Crippen molar-refractivity contribution in [2.24, 2.45) is 0 Å². The number of benzene rings is 1. The van der Waals surface area contributed by atoms with Crippen molar-refractivity contribution in [3.8, 4) is 0 Å². The number of ether oxygens (including phenoxy) is 1. The zero-order valence-electron chi connectivity index (χ0n) is 22.0. The molecule has 1 aromatic heterocycles. The molecule has 7 rings (SSSR count). The number of amides is 1. The molecule has 0 N–H and O–H groups in total. The third-order valence-electron chi connectivity index (χ3n) is 8.60. The lowest BCUT2D eigenvalue weighted by Crippen LogP contribution is -2.70. The molecule has 2 aliphatic carbocycles. The lowest BCUT2D eigenvalue weighted by Gasteiger charge is -2.56. The first-order chi connectivity index (χ1) is 17.0. The van der Waals surface area contributed by atoms with Crippen molar-refractivity contribution in [3.63, 3.8) is 0 Å². The highest BCUT2D eigenvalue weighted by molar-refractivity contribution is 7.84. The molecule has 7 nitrogen and oxygen atoms in total.